The molecule has 2 amide bonds. The molecule has 1 aliphatic heterocycles. The molecule has 1 aliphatic rings. The van der Waals surface area contributed by atoms with Gasteiger partial charge in [-0.05, 0) is 0 Å². The minimum Gasteiger partial charge on any atom is -0.481 e. The first kappa shape index (κ1) is 39.6. The van der Waals surface area contributed by atoms with Gasteiger partial charge in [-0.1, -0.05) is 0 Å². The van der Waals surface area contributed by atoms with E-state index >= 15 is 0 Å². The molecule has 5 N–H and O–H groups in total. The third-order valence-electron chi connectivity index (χ3n) is 4.91. The third kappa shape index (κ3) is 19.4. The van der Waals surface area contributed by atoms with Crippen LogP contribution < -0.4 is 10.6 Å². The fraction of sp³-hybridized carbons (Fsp3) is 0.760. The van der Waals surface area contributed by atoms with Crippen LogP contribution in [0.5, 0.6) is 0 Å². The van der Waals surface area contributed by atoms with E-state index in [0.717, 1.165) is 27.7 Å². The van der Waals surface area contributed by atoms with Gasteiger partial charge in [0.1, 0.15) is 31.5 Å². The quantitative estimate of drug-likeness (QED) is 0.0623. The van der Waals surface area contributed by atoms with E-state index in [-0.39, 0.29) is 33.0 Å². The third-order valence-corrected chi connectivity index (χ3v) is 4.91. The lowest BCUT2D eigenvalue weighted by Gasteiger charge is -2.44. The van der Waals surface area contributed by atoms with Crippen molar-refractivity contribution in [2.45, 2.75) is 71.4 Å². The summed E-state index contributed by atoms with van der Waals surface area (Å²) in [5, 5.41) is 30.4. The molecule has 248 valence electrons. The molecule has 1 heterocycles. The summed E-state index contributed by atoms with van der Waals surface area (Å²) in [7, 11) is 0. The van der Waals surface area contributed by atoms with Gasteiger partial charge >= 0.3 is 17.9 Å². The van der Waals surface area contributed by atoms with Crippen molar-refractivity contribution in [3.63, 3.8) is 0 Å². The number of hydrogen-bond donors (Lipinski definition) is 5. The lowest BCUT2D eigenvalue weighted by Crippen LogP contribution is -2.66. The summed E-state index contributed by atoms with van der Waals surface area (Å²) in [6, 6.07) is -1.19. The molecule has 0 bridgehead atoms. The van der Waals surface area contributed by atoms with Gasteiger partial charge in [0.05, 0.1) is 33.0 Å². The molecule has 0 saturated carbocycles. The summed E-state index contributed by atoms with van der Waals surface area (Å²) in [6.45, 7) is 4.95. The topological polar surface area (TPSA) is 252 Å². The predicted molar refractivity (Wildman–Crippen MR) is 141 cm³/mol. The van der Waals surface area contributed by atoms with Crippen LogP contribution in [0.15, 0.2) is 0 Å². The molecule has 0 unspecified atom stereocenters. The molecule has 0 spiro atoms. The summed E-state index contributed by atoms with van der Waals surface area (Å²) in [5.74, 6) is -4.10. The monoisotopic (exact) mass is 626 g/mol. The van der Waals surface area contributed by atoms with Crippen LogP contribution in [-0.2, 0) is 61.9 Å². The minimum atomic E-state index is -1.36. The van der Waals surface area contributed by atoms with E-state index in [9.17, 15) is 24.0 Å². The second-order valence-corrected chi connectivity index (χ2v) is 8.92. The van der Waals surface area contributed by atoms with Gasteiger partial charge in [0.2, 0.25) is 11.8 Å². The van der Waals surface area contributed by atoms with Crippen molar-refractivity contribution in [2.75, 3.05) is 52.8 Å². The van der Waals surface area contributed by atoms with E-state index in [1.165, 1.54) is 6.92 Å². The summed E-state index contributed by atoms with van der Waals surface area (Å²) in [4.78, 5) is 68.2. The van der Waals surface area contributed by atoms with E-state index in [4.69, 9.17) is 53.3 Å². The molecule has 1 saturated heterocycles. The molecule has 0 aromatic heterocycles. The fourth-order valence-corrected chi connectivity index (χ4v) is 3.40. The highest BCUT2D eigenvalue weighted by Crippen LogP contribution is 2.28. The van der Waals surface area contributed by atoms with Gasteiger partial charge in [-0.2, -0.15) is 0 Å². The zero-order valence-corrected chi connectivity index (χ0v) is 24.8. The van der Waals surface area contributed by atoms with E-state index in [1.807, 2.05) is 0 Å². The lowest BCUT2D eigenvalue weighted by atomic mass is 9.96. The first-order valence-electron chi connectivity index (χ1n) is 13.1. The van der Waals surface area contributed by atoms with Gasteiger partial charge in [0.15, 0.2) is 18.5 Å². The Balaban J connectivity index is 0.00000413. The van der Waals surface area contributed by atoms with Crippen molar-refractivity contribution >= 4 is 35.7 Å². The number of esters is 3. The number of ether oxygens (including phenoxy) is 7. The zero-order chi connectivity index (χ0) is 32.9. The first-order chi connectivity index (χ1) is 20.2. The molecule has 0 aromatic rings. The Labute approximate surface area is 248 Å². The van der Waals surface area contributed by atoms with Gasteiger partial charge in [0.25, 0.3) is 5.97 Å². The highest BCUT2D eigenvalue weighted by molar-refractivity contribution is 5.77. The van der Waals surface area contributed by atoms with E-state index in [1.54, 1.807) is 0 Å². The Morgan fingerprint density at radius 2 is 1.44 bits per heavy atom. The standard InChI is InChI=1S/C23H38N2O14.C2H4O2/c1-13(27)25-20-22(38-16(4)30)21(37-15(3)29)18(11-35-14(2)28)39-23(20)36-12-19(32)24-5-6-33-7-8-34-10-17(31)9-26;1-2(3)4/h17-18,20-23,26,31H,5-12H2,1-4H3,(H,24,32)(H,25,27);1H3,(H,3,4)/t17-,18-,20-,21+,22-,23-;/m1./s1. The molecule has 6 atom stereocenters. The lowest BCUT2D eigenvalue weighted by molar-refractivity contribution is -0.276. The number of aliphatic hydroxyl groups is 2. The van der Waals surface area contributed by atoms with Gasteiger partial charge in [-0.25, -0.2) is 0 Å². The zero-order valence-electron chi connectivity index (χ0n) is 24.8. The average molecular weight is 627 g/mol. The van der Waals surface area contributed by atoms with Crippen molar-refractivity contribution < 1.29 is 77.2 Å². The number of aliphatic hydroxyl groups excluding tert-OH is 2. The van der Waals surface area contributed by atoms with Crippen LogP contribution in [0.4, 0.5) is 0 Å². The fourth-order valence-electron chi connectivity index (χ4n) is 3.40. The molecular formula is C25H42N2O16. The molecule has 1 rings (SSSR count). The maximum absolute atomic E-state index is 12.3. The van der Waals surface area contributed by atoms with Crippen molar-refractivity contribution in [3.05, 3.63) is 0 Å². The number of carboxylic acids is 1. The Morgan fingerprint density at radius 3 is 1.98 bits per heavy atom. The second kappa shape index (κ2) is 22.2. The molecule has 0 aliphatic carbocycles. The predicted octanol–water partition coefficient (Wildman–Crippen LogP) is -2.75. The van der Waals surface area contributed by atoms with Gasteiger partial charge in [0, 0.05) is 41.2 Å². The van der Waals surface area contributed by atoms with Crippen LogP contribution in [0, 0.1) is 0 Å². The van der Waals surface area contributed by atoms with Crippen LogP contribution in [0.25, 0.3) is 0 Å². The average Bonchev–Trinajstić information content (AvgIpc) is 2.89. The smallest absolute Gasteiger partial charge is 0.303 e. The number of hydrogen-bond acceptors (Lipinski definition) is 15. The van der Waals surface area contributed by atoms with Crippen LogP contribution in [-0.4, -0.2) is 141 Å². The molecule has 18 nitrogen and oxygen atoms in total. The van der Waals surface area contributed by atoms with Crippen molar-refractivity contribution in [1.82, 2.24) is 10.6 Å². The van der Waals surface area contributed by atoms with Gasteiger partial charge in [-0.15, -0.1) is 0 Å². The first-order valence-corrected chi connectivity index (χ1v) is 13.1. The van der Waals surface area contributed by atoms with Crippen molar-refractivity contribution in [2.24, 2.45) is 0 Å². The molecular weight excluding hydrogens is 584 g/mol. The number of aliphatic carboxylic acids is 1. The maximum Gasteiger partial charge on any atom is 0.303 e. The number of carbonyl (C=O) groups excluding carboxylic acids is 5. The summed E-state index contributed by atoms with van der Waals surface area (Å²) >= 11 is 0. The highest BCUT2D eigenvalue weighted by atomic mass is 16.7. The van der Waals surface area contributed by atoms with Crippen molar-refractivity contribution in [3.8, 4) is 0 Å². The number of carbonyl (C=O) groups is 6. The number of nitrogens with one attached hydrogen (secondary N) is 2. The number of carboxylic acid groups (broad SMARTS) is 1. The summed E-state index contributed by atoms with van der Waals surface area (Å²) in [5.41, 5.74) is 0. The Kier molecular flexibility index (Phi) is 20.4. The molecule has 0 radical (unpaired) electrons. The maximum atomic E-state index is 12.3. The number of amides is 2. The second-order valence-electron chi connectivity index (χ2n) is 8.92. The molecule has 18 heteroatoms. The summed E-state index contributed by atoms with van der Waals surface area (Å²) in [6.07, 6.45) is -6.05. The normalized spacial score (nSPS) is 21.7. The summed E-state index contributed by atoms with van der Waals surface area (Å²) < 4.78 is 37.4. The van der Waals surface area contributed by atoms with Crippen LogP contribution in [0.3, 0.4) is 0 Å². The van der Waals surface area contributed by atoms with Crippen LogP contribution in [0.1, 0.15) is 34.6 Å². The van der Waals surface area contributed by atoms with E-state index < -0.39 is 92.3 Å². The van der Waals surface area contributed by atoms with E-state index in [2.05, 4.69) is 10.6 Å². The highest BCUT2D eigenvalue weighted by Gasteiger charge is 2.51. The molecule has 1 fully saturated rings. The largest absolute Gasteiger partial charge is 0.481 e. The molecule has 0 aromatic carbocycles. The molecule has 43 heavy (non-hydrogen) atoms. The Hall–Kier alpha value is -3.42. The Morgan fingerprint density at radius 1 is 0.860 bits per heavy atom. The number of rotatable bonds is 17. The Bertz CT molecular complexity index is 896. The van der Waals surface area contributed by atoms with E-state index in [0.29, 0.717) is 0 Å². The van der Waals surface area contributed by atoms with Crippen LogP contribution >= 0.6 is 0 Å². The van der Waals surface area contributed by atoms with Crippen molar-refractivity contribution in [1.29, 1.82) is 0 Å². The SMILES string of the molecule is CC(=O)N[C@H]1[C@H](OCC(=O)NCCOCCOC[C@H](O)CO)O[C@H](COC(C)=O)[C@H](OC(C)=O)[C@@H]1OC(C)=O.CC(=O)O. The van der Waals surface area contributed by atoms with Gasteiger partial charge < -0.3 is 59.1 Å². The van der Waals surface area contributed by atoms with Crippen LogP contribution in [0.2, 0.25) is 0 Å². The minimum absolute atomic E-state index is 0.0294. The van der Waals surface area contributed by atoms with Gasteiger partial charge in [-0.3, -0.25) is 28.8 Å².